The standard InChI is InChI=1S/C38H36NOP/c1-7-19-31(20-8-1)38(32-21-9-2-10-22-32)37(39-33-23-11-3-12-24-33)40-41(38,34-25-13-4-14-26-34,35-27-15-5-16-28-35)36-29-17-6-18-30-36/h1-2,4-10,13-22,25-30,33H,3,11-12,23-24H2. The van der Waals surface area contributed by atoms with Crippen LogP contribution in [0.15, 0.2) is 157 Å². The van der Waals surface area contributed by atoms with Gasteiger partial charge in [0.2, 0.25) is 0 Å². The second kappa shape index (κ2) is 10.4. The molecule has 5 aromatic rings. The third kappa shape index (κ3) is 3.57. The van der Waals surface area contributed by atoms with Crippen LogP contribution in [0.3, 0.4) is 0 Å². The van der Waals surface area contributed by atoms with Crippen LogP contribution in [-0.4, -0.2) is 11.9 Å². The summed E-state index contributed by atoms with van der Waals surface area (Å²) in [4.78, 5) is 5.59. The van der Waals surface area contributed by atoms with Crippen LogP contribution in [0, 0.1) is 0 Å². The number of nitrogens with zero attached hydrogens (tertiary/aromatic N) is 1. The van der Waals surface area contributed by atoms with Gasteiger partial charge < -0.3 is 0 Å². The Morgan fingerprint density at radius 3 is 1.24 bits per heavy atom. The number of hydrogen-bond donors (Lipinski definition) is 0. The maximum atomic E-state index is 7.78. The number of benzene rings is 5. The Hall–Kier alpha value is -4.00. The molecule has 3 heteroatoms. The first kappa shape index (κ1) is 25.9. The van der Waals surface area contributed by atoms with Crippen LogP contribution in [0.1, 0.15) is 43.2 Å². The molecule has 1 aliphatic heterocycles. The molecule has 0 spiro atoms. The van der Waals surface area contributed by atoms with Gasteiger partial charge in [0.25, 0.3) is 0 Å². The van der Waals surface area contributed by atoms with Crippen molar-refractivity contribution in [1.29, 1.82) is 0 Å². The Morgan fingerprint density at radius 2 is 0.854 bits per heavy atom. The van der Waals surface area contributed by atoms with E-state index in [0.717, 1.165) is 18.7 Å². The Kier molecular flexibility index (Phi) is 6.60. The van der Waals surface area contributed by atoms with Gasteiger partial charge in [0.05, 0.1) is 0 Å². The van der Waals surface area contributed by atoms with E-state index in [-0.39, 0.29) is 6.04 Å². The molecule has 0 unspecified atom stereocenters. The predicted octanol–water partition coefficient (Wildman–Crippen LogP) is 8.14. The van der Waals surface area contributed by atoms with Crippen molar-refractivity contribution in [2.75, 3.05) is 0 Å². The SMILES string of the molecule is c1ccc(C2(c3ccccc3)C(=NC3CCCCC3)OP2(c2ccccc2)(c2ccccc2)c2ccccc2)cc1. The van der Waals surface area contributed by atoms with Crippen LogP contribution in [0.2, 0.25) is 0 Å². The van der Waals surface area contributed by atoms with Gasteiger partial charge in [0.1, 0.15) is 0 Å². The molecular weight excluding hydrogens is 517 g/mol. The van der Waals surface area contributed by atoms with Crippen LogP contribution in [0.4, 0.5) is 0 Å². The Labute approximate surface area is 243 Å². The molecule has 0 amide bonds. The van der Waals surface area contributed by atoms with E-state index in [2.05, 4.69) is 152 Å². The summed E-state index contributed by atoms with van der Waals surface area (Å²) in [6.45, 7) is -3.80. The van der Waals surface area contributed by atoms with E-state index in [1.807, 2.05) is 0 Å². The molecule has 0 radical (unpaired) electrons. The summed E-state index contributed by atoms with van der Waals surface area (Å²) in [5.74, 6) is 0.857. The van der Waals surface area contributed by atoms with Gasteiger partial charge >= 0.3 is 244 Å². The molecule has 2 aliphatic rings. The Morgan fingerprint density at radius 1 is 0.488 bits per heavy atom. The average molecular weight is 554 g/mol. The third-order valence-corrected chi connectivity index (χ3v) is 15.6. The molecule has 2 nitrogen and oxygen atoms in total. The quantitative estimate of drug-likeness (QED) is 0.195. The minimum atomic E-state index is -3.80. The van der Waals surface area contributed by atoms with Crippen molar-refractivity contribution >= 4 is 28.6 Å². The van der Waals surface area contributed by atoms with Crippen molar-refractivity contribution < 1.29 is 4.52 Å². The molecule has 0 atom stereocenters. The molecule has 0 aromatic heterocycles. The van der Waals surface area contributed by atoms with Gasteiger partial charge in [-0.3, -0.25) is 0 Å². The summed E-state index contributed by atoms with van der Waals surface area (Å²) >= 11 is 0. The third-order valence-electron chi connectivity index (χ3n) is 9.22. The number of rotatable bonds is 6. The van der Waals surface area contributed by atoms with Gasteiger partial charge in [-0.1, -0.05) is 0 Å². The topological polar surface area (TPSA) is 21.6 Å². The van der Waals surface area contributed by atoms with Gasteiger partial charge in [0.15, 0.2) is 0 Å². The van der Waals surface area contributed by atoms with Crippen molar-refractivity contribution in [3.63, 3.8) is 0 Å². The minimum absolute atomic E-state index is 0.274. The monoisotopic (exact) mass is 553 g/mol. The first-order valence-corrected chi connectivity index (χ1v) is 17.0. The van der Waals surface area contributed by atoms with Gasteiger partial charge in [-0.25, -0.2) is 0 Å². The van der Waals surface area contributed by atoms with Gasteiger partial charge in [0, 0.05) is 0 Å². The first-order chi connectivity index (χ1) is 20.3. The molecule has 1 saturated heterocycles. The summed E-state index contributed by atoms with van der Waals surface area (Å²) in [5.41, 5.74) is 2.45. The van der Waals surface area contributed by atoms with Crippen molar-refractivity contribution in [3.8, 4) is 0 Å². The summed E-state index contributed by atoms with van der Waals surface area (Å²) in [6.07, 6.45) is 5.98. The second-order valence-corrected chi connectivity index (χ2v) is 15.8. The van der Waals surface area contributed by atoms with E-state index < -0.39 is 12.0 Å². The Bertz CT molecular complexity index is 1490. The summed E-state index contributed by atoms with van der Waals surface area (Å²) in [6, 6.07) is 55.4. The fourth-order valence-electron chi connectivity index (χ4n) is 7.53. The molecule has 1 saturated carbocycles. The molecule has 1 aliphatic carbocycles. The Balaban J connectivity index is 1.72. The number of aliphatic imine (C=N–C) groups is 1. The molecule has 5 aromatic carbocycles. The van der Waals surface area contributed by atoms with Gasteiger partial charge in [-0.05, 0) is 0 Å². The fourth-order valence-corrected chi connectivity index (χ4v) is 14.4. The average Bonchev–Trinajstić information content (AvgIpc) is 3.06. The molecule has 204 valence electrons. The van der Waals surface area contributed by atoms with Gasteiger partial charge in [-0.15, -0.1) is 0 Å². The zero-order valence-electron chi connectivity index (χ0n) is 23.3. The van der Waals surface area contributed by atoms with E-state index in [0.29, 0.717) is 0 Å². The first-order valence-electron chi connectivity index (χ1n) is 14.9. The van der Waals surface area contributed by atoms with Crippen molar-refractivity contribution in [3.05, 3.63) is 163 Å². The van der Waals surface area contributed by atoms with E-state index in [4.69, 9.17) is 9.52 Å². The van der Waals surface area contributed by atoms with E-state index in [1.165, 1.54) is 46.3 Å². The molecule has 7 rings (SSSR count). The van der Waals surface area contributed by atoms with Crippen molar-refractivity contribution in [1.82, 2.24) is 0 Å². The molecule has 0 bridgehead atoms. The maximum absolute atomic E-state index is 7.78. The van der Waals surface area contributed by atoms with Gasteiger partial charge in [-0.2, -0.15) is 0 Å². The zero-order chi connectivity index (χ0) is 27.6. The zero-order valence-corrected chi connectivity index (χ0v) is 24.2. The van der Waals surface area contributed by atoms with Crippen LogP contribution >= 0.6 is 6.83 Å². The molecule has 2 fully saturated rings. The molecule has 41 heavy (non-hydrogen) atoms. The summed E-state index contributed by atoms with van der Waals surface area (Å²) < 4.78 is 7.78. The molecule has 1 heterocycles. The normalized spacial score (nSPS) is 21.1. The molecular formula is C38H36NOP. The van der Waals surface area contributed by atoms with E-state index >= 15 is 0 Å². The molecule has 0 N–H and O–H groups in total. The predicted molar refractivity (Wildman–Crippen MR) is 174 cm³/mol. The van der Waals surface area contributed by atoms with Crippen molar-refractivity contribution in [2.24, 2.45) is 4.99 Å². The van der Waals surface area contributed by atoms with Crippen LogP contribution < -0.4 is 15.9 Å². The van der Waals surface area contributed by atoms with E-state index in [1.54, 1.807) is 0 Å². The summed E-state index contributed by atoms with van der Waals surface area (Å²) in [5, 5.41) is 3.00. The van der Waals surface area contributed by atoms with E-state index in [9.17, 15) is 0 Å². The van der Waals surface area contributed by atoms with Crippen LogP contribution in [0.5, 0.6) is 0 Å². The van der Waals surface area contributed by atoms with Crippen LogP contribution in [-0.2, 0) is 9.68 Å². The van der Waals surface area contributed by atoms with Crippen LogP contribution in [0.25, 0.3) is 0 Å². The van der Waals surface area contributed by atoms with Crippen molar-refractivity contribution in [2.45, 2.75) is 43.3 Å². The fraction of sp³-hybridized carbons (Fsp3) is 0.184. The second-order valence-electron chi connectivity index (χ2n) is 11.3. The summed E-state index contributed by atoms with van der Waals surface area (Å²) in [7, 11) is 0. The number of hydrogen-bond acceptors (Lipinski definition) is 2.